The highest BCUT2D eigenvalue weighted by atomic mass is 19.1. The Kier molecular flexibility index (Phi) is 6.31. The minimum Gasteiger partial charge on any atom is -0.326 e. The van der Waals surface area contributed by atoms with Crippen molar-refractivity contribution in [3.05, 3.63) is 76.9 Å². The lowest BCUT2D eigenvalue weighted by atomic mass is 9.92. The van der Waals surface area contributed by atoms with Gasteiger partial charge >= 0.3 is 0 Å². The summed E-state index contributed by atoms with van der Waals surface area (Å²) in [7, 11) is 0. The van der Waals surface area contributed by atoms with E-state index in [2.05, 4.69) is 10.4 Å². The van der Waals surface area contributed by atoms with Crippen LogP contribution in [0.1, 0.15) is 42.8 Å². The van der Waals surface area contributed by atoms with E-state index in [-0.39, 0.29) is 17.7 Å². The van der Waals surface area contributed by atoms with Crippen LogP contribution in [-0.2, 0) is 22.6 Å². The molecule has 4 rings (SSSR count). The molecule has 0 spiro atoms. The lowest BCUT2D eigenvalue weighted by Crippen LogP contribution is -2.50. The number of nitrogens with zero attached hydrogens (tertiary/aromatic N) is 3. The van der Waals surface area contributed by atoms with Gasteiger partial charge in [-0.2, -0.15) is 5.10 Å². The maximum absolute atomic E-state index is 14.9. The van der Waals surface area contributed by atoms with E-state index in [1.54, 1.807) is 21.7 Å². The summed E-state index contributed by atoms with van der Waals surface area (Å²) >= 11 is 0. The van der Waals surface area contributed by atoms with Gasteiger partial charge in [0.2, 0.25) is 11.8 Å². The standard InChI is InChI=1S/C26H29FN4O2/c1-16(2)11-25(32)30-15-20-8-6-5-7-19(20)13-24(30)26(33)28-21-9-10-23(22(27)14-21)31-18(4)12-17(3)29-31/h5-10,12,14,16,24H,11,13,15H2,1-4H3,(H,28,33). The van der Waals surface area contributed by atoms with Crippen molar-refractivity contribution < 1.29 is 14.0 Å². The molecule has 3 aromatic rings. The SMILES string of the molecule is Cc1cc(C)n(-c2ccc(NC(=O)C3Cc4ccccc4CN3C(=O)CC(C)C)cc2F)n1. The van der Waals surface area contributed by atoms with Crippen LogP contribution in [0, 0.1) is 25.6 Å². The number of aromatic nitrogens is 2. The minimum absolute atomic E-state index is 0.0503. The molecule has 2 aromatic carbocycles. The fourth-order valence-electron chi connectivity index (χ4n) is 4.34. The first-order chi connectivity index (χ1) is 15.7. The van der Waals surface area contributed by atoms with Crippen molar-refractivity contribution in [2.75, 3.05) is 5.32 Å². The Morgan fingerprint density at radius 2 is 1.85 bits per heavy atom. The van der Waals surface area contributed by atoms with E-state index in [9.17, 15) is 14.0 Å². The molecule has 0 saturated heterocycles. The maximum Gasteiger partial charge on any atom is 0.247 e. The zero-order valence-corrected chi connectivity index (χ0v) is 19.4. The van der Waals surface area contributed by atoms with Crippen molar-refractivity contribution in [3.63, 3.8) is 0 Å². The van der Waals surface area contributed by atoms with Crippen LogP contribution in [0.2, 0.25) is 0 Å². The Hall–Kier alpha value is -3.48. The summed E-state index contributed by atoms with van der Waals surface area (Å²) < 4.78 is 16.4. The summed E-state index contributed by atoms with van der Waals surface area (Å²) in [5, 5.41) is 7.14. The summed E-state index contributed by atoms with van der Waals surface area (Å²) in [6.45, 7) is 8.07. The molecule has 6 nitrogen and oxygen atoms in total. The summed E-state index contributed by atoms with van der Waals surface area (Å²) in [6, 6.07) is 13.6. The van der Waals surface area contributed by atoms with Crippen LogP contribution in [0.15, 0.2) is 48.5 Å². The maximum atomic E-state index is 14.9. The molecule has 33 heavy (non-hydrogen) atoms. The molecule has 7 heteroatoms. The third-order valence-corrected chi connectivity index (χ3v) is 5.91. The predicted octanol–water partition coefficient (Wildman–Crippen LogP) is 4.57. The van der Waals surface area contributed by atoms with Crippen molar-refractivity contribution in [1.29, 1.82) is 0 Å². The average molecular weight is 449 g/mol. The summed E-state index contributed by atoms with van der Waals surface area (Å²) in [5.41, 5.74) is 4.39. The minimum atomic E-state index is -0.648. The number of benzene rings is 2. The fraction of sp³-hybridized carbons (Fsp3) is 0.346. The number of rotatable bonds is 5. The van der Waals surface area contributed by atoms with Crippen molar-refractivity contribution in [2.24, 2.45) is 5.92 Å². The van der Waals surface area contributed by atoms with Gasteiger partial charge in [0, 0.05) is 30.8 Å². The van der Waals surface area contributed by atoms with Crippen LogP contribution < -0.4 is 5.32 Å². The quantitative estimate of drug-likeness (QED) is 0.622. The molecular formula is C26H29FN4O2. The number of nitrogens with one attached hydrogen (secondary N) is 1. The van der Waals surface area contributed by atoms with Crippen LogP contribution in [0.3, 0.4) is 0 Å². The van der Waals surface area contributed by atoms with E-state index >= 15 is 0 Å². The molecule has 1 aliphatic heterocycles. The predicted molar refractivity (Wildman–Crippen MR) is 126 cm³/mol. The monoisotopic (exact) mass is 448 g/mol. The van der Waals surface area contributed by atoms with Gasteiger partial charge in [-0.15, -0.1) is 0 Å². The molecule has 1 atom stereocenters. The molecule has 0 bridgehead atoms. The molecule has 0 aliphatic carbocycles. The van der Waals surface area contributed by atoms with Gasteiger partial charge in [0.05, 0.1) is 5.69 Å². The van der Waals surface area contributed by atoms with Gasteiger partial charge in [-0.3, -0.25) is 9.59 Å². The summed E-state index contributed by atoms with van der Waals surface area (Å²) in [5.74, 6) is -0.666. The number of amides is 2. The van der Waals surface area contributed by atoms with Crippen molar-refractivity contribution in [1.82, 2.24) is 14.7 Å². The number of anilines is 1. The number of carbonyl (C=O) groups excluding carboxylic acids is 2. The molecule has 2 heterocycles. The van der Waals surface area contributed by atoms with E-state index < -0.39 is 11.9 Å². The van der Waals surface area contributed by atoms with Crippen molar-refractivity contribution >= 4 is 17.5 Å². The van der Waals surface area contributed by atoms with E-state index in [0.29, 0.717) is 30.8 Å². The zero-order valence-electron chi connectivity index (χ0n) is 19.4. The number of fused-ring (bicyclic) bond motifs is 1. The van der Waals surface area contributed by atoms with Crippen molar-refractivity contribution in [3.8, 4) is 5.69 Å². The largest absolute Gasteiger partial charge is 0.326 e. The first-order valence-electron chi connectivity index (χ1n) is 11.2. The van der Waals surface area contributed by atoms with E-state index in [1.165, 1.54) is 6.07 Å². The molecule has 0 fully saturated rings. The van der Waals surface area contributed by atoms with Gasteiger partial charge < -0.3 is 10.2 Å². The topological polar surface area (TPSA) is 67.2 Å². The zero-order chi connectivity index (χ0) is 23.7. The lowest BCUT2D eigenvalue weighted by Gasteiger charge is -2.36. The molecule has 2 amide bonds. The van der Waals surface area contributed by atoms with E-state index in [0.717, 1.165) is 22.5 Å². The van der Waals surface area contributed by atoms with Gasteiger partial charge in [-0.05, 0) is 55.2 Å². The van der Waals surface area contributed by atoms with Crippen LogP contribution in [0.4, 0.5) is 10.1 Å². The highest BCUT2D eigenvalue weighted by Crippen LogP contribution is 2.26. The molecule has 172 valence electrons. The van der Waals surface area contributed by atoms with Crippen LogP contribution in [-0.4, -0.2) is 32.5 Å². The Labute approximate surface area is 193 Å². The highest BCUT2D eigenvalue weighted by Gasteiger charge is 2.34. The molecule has 1 unspecified atom stereocenters. The average Bonchev–Trinajstić information content (AvgIpc) is 3.10. The first kappa shape index (κ1) is 22.7. The number of hydrogen-bond donors (Lipinski definition) is 1. The Morgan fingerprint density at radius 3 is 2.48 bits per heavy atom. The van der Waals surface area contributed by atoms with E-state index in [4.69, 9.17) is 0 Å². The van der Waals surface area contributed by atoms with Gasteiger partial charge in [-0.1, -0.05) is 38.1 Å². The fourth-order valence-corrected chi connectivity index (χ4v) is 4.34. The van der Waals surface area contributed by atoms with Gasteiger partial charge in [0.25, 0.3) is 0 Å². The molecular weight excluding hydrogens is 419 g/mol. The third-order valence-electron chi connectivity index (χ3n) is 5.91. The normalized spacial score (nSPS) is 15.5. The second-order valence-corrected chi connectivity index (χ2v) is 9.10. The molecule has 0 saturated carbocycles. The number of hydrogen-bond acceptors (Lipinski definition) is 3. The second kappa shape index (κ2) is 9.17. The molecule has 1 aromatic heterocycles. The van der Waals surface area contributed by atoms with Crippen LogP contribution in [0.5, 0.6) is 0 Å². The molecule has 1 aliphatic rings. The van der Waals surface area contributed by atoms with Crippen LogP contribution >= 0.6 is 0 Å². The number of halogens is 1. The van der Waals surface area contributed by atoms with Gasteiger partial charge in [-0.25, -0.2) is 9.07 Å². The second-order valence-electron chi connectivity index (χ2n) is 9.10. The van der Waals surface area contributed by atoms with Gasteiger partial charge in [0.15, 0.2) is 5.82 Å². The molecule has 0 radical (unpaired) electrons. The van der Waals surface area contributed by atoms with E-state index in [1.807, 2.05) is 58.0 Å². The van der Waals surface area contributed by atoms with Gasteiger partial charge in [0.1, 0.15) is 11.7 Å². The summed E-state index contributed by atoms with van der Waals surface area (Å²) in [6.07, 6.45) is 0.802. The van der Waals surface area contributed by atoms with Crippen molar-refractivity contribution in [2.45, 2.75) is 53.1 Å². The Morgan fingerprint density at radius 1 is 1.12 bits per heavy atom. The number of carbonyl (C=O) groups is 2. The Balaban J connectivity index is 1.57. The Bertz CT molecular complexity index is 1200. The smallest absolute Gasteiger partial charge is 0.247 e. The molecule has 1 N–H and O–H groups in total. The first-order valence-corrected chi connectivity index (χ1v) is 11.2. The number of aryl methyl sites for hydroxylation is 2. The lowest BCUT2D eigenvalue weighted by molar-refractivity contribution is -0.140. The van der Waals surface area contributed by atoms with Crippen LogP contribution in [0.25, 0.3) is 5.69 Å². The third kappa shape index (κ3) is 4.82. The highest BCUT2D eigenvalue weighted by molar-refractivity contribution is 5.97. The summed E-state index contributed by atoms with van der Waals surface area (Å²) in [4.78, 5) is 27.9.